The Bertz CT molecular complexity index is 684. The third kappa shape index (κ3) is 4.02. The first-order valence-electron chi connectivity index (χ1n) is 8.35. The van der Waals surface area contributed by atoms with E-state index in [2.05, 4.69) is 6.58 Å². The molecule has 25 heavy (non-hydrogen) atoms. The van der Waals surface area contributed by atoms with Crippen LogP contribution in [-0.2, 0) is 14.9 Å². The maximum absolute atomic E-state index is 12.5. The average molecular weight is 340 g/mol. The van der Waals surface area contributed by atoms with Crippen molar-refractivity contribution in [3.05, 3.63) is 71.8 Å². The molecular formula is C21H24O4. The third-order valence-electron chi connectivity index (χ3n) is 4.47. The zero-order chi connectivity index (χ0) is 18.4. The molecule has 0 aliphatic carbocycles. The fourth-order valence-corrected chi connectivity index (χ4v) is 2.71. The molecule has 0 aliphatic rings. The van der Waals surface area contributed by atoms with Gasteiger partial charge in [-0.1, -0.05) is 44.2 Å². The zero-order valence-corrected chi connectivity index (χ0v) is 14.7. The van der Waals surface area contributed by atoms with E-state index in [0.717, 1.165) is 24.0 Å². The van der Waals surface area contributed by atoms with E-state index in [1.807, 2.05) is 13.8 Å². The van der Waals surface area contributed by atoms with Gasteiger partial charge in [-0.15, -0.1) is 0 Å². The predicted molar refractivity (Wildman–Crippen MR) is 97.7 cm³/mol. The lowest BCUT2D eigenvalue weighted by molar-refractivity contribution is -0.139. The average Bonchev–Trinajstić information content (AvgIpc) is 2.61. The number of phenolic OH excluding ortho intramolecular Hbond substituents is 2. The number of unbranched alkanes of at least 4 members (excludes halogenated alkanes) is 1. The molecular weight excluding hydrogens is 316 g/mol. The molecule has 0 heterocycles. The molecule has 4 heteroatoms. The number of carbonyl (C=O) groups is 1. The number of rotatable bonds is 7. The van der Waals surface area contributed by atoms with Crippen molar-refractivity contribution < 1.29 is 19.7 Å². The maximum atomic E-state index is 12.5. The van der Waals surface area contributed by atoms with Crippen LogP contribution < -0.4 is 0 Å². The van der Waals surface area contributed by atoms with Crippen LogP contribution in [0.4, 0.5) is 0 Å². The number of aromatic hydroxyl groups is 2. The summed E-state index contributed by atoms with van der Waals surface area (Å²) in [6, 6.07) is 13.3. The minimum Gasteiger partial charge on any atom is -0.508 e. The van der Waals surface area contributed by atoms with E-state index in [1.165, 1.54) is 0 Å². The molecule has 0 radical (unpaired) electrons. The highest BCUT2D eigenvalue weighted by molar-refractivity contribution is 5.92. The number of esters is 1. The van der Waals surface area contributed by atoms with Gasteiger partial charge in [0.1, 0.15) is 11.5 Å². The molecule has 132 valence electrons. The molecule has 0 aromatic heterocycles. The summed E-state index contributed by atoms with van der Waals surface area (Å²) >= 11 is 0. The van der Waals surface area contributed by atoms with Gasteiger partial charge in [-0.25, -0.2) is 4.79 Å². The number of hydrogen-bond donors (Lipinski definition) is 2. The summed E-state index contributed by atoms with van der Waals surface area (Å²) in [5.41, 5.74) is 1.06. The third-order valence-corrected chi connectivity index (χ3v) is 4.47. The summed E-state index contributed by atoms with van der Waals surface area (Å²) in [7, 11) is 0. The van der Waals surface area contributed by atoms with Crippen LogP contribution in [0.3, 0.4) is 0 Å². The van der Waals surface area contributed by atoms with Gasteiger partial charge in [-0.05, 0) is 48.7 Å². The summed E-state index contributed by atoms with van der Waals surface area (Å²) in [6.45, 7) is 8.27. The second kappa shape index (κ2) is 7.88. The van der Waals surface area contributed by atoms with Gasteiger partial charge < -0.3 is 14.9 Å². The Hall–Kier alpha value is -2.75. The van der Waals surface area contributed by atoms with Gasteiger partial charge in [0.05, 0.1) is 6.61 Å². The molecule has 2 N–H and O–H groups in total. The van der Waals surface area contributed by atoms with Crippen LogP contribution in [0.1, 0.15) is 37.8 Å². The molecule has 0 fully saturated rings. The van der Waals surface area contributed by atoms with Gasteiger partial charge in [0.2, 0.25) is 0 Å². The van der Waals surface area contributed by atoms with E-state index in [0.29, 0.717) is 12.2 Å². The topological polar surface area (TPSA) is 66.8 Å². The molecule has 4 nitrogen and oxygen atoms in total. The minimum absolute atomic E-state index is 0.146. The molecule has 0 atom stereocenters. The summed E-state index contributed by atoms with van der Waals surface area (Å²) in [5.74, 6) is -0.155. The first kappa shape index (κ1) is 18.6. The zero-order valence-electron chi connectivity index (χ0n) is 14.7. The molecule has 0 bridgehead atoms. The van der Waals surface area contributed by atoms with Gasteiger partial charge >= 0.3 is 5.97 Å². The number of benzene rings is 2. The summed E-state index contributed by atoms with van der Waals surface area (Å²) in [5, 5.41) is 19.1. The Labute approximate surface area is 148 Å². The molecule has 0 amide bonds. The lowest BCUT2D eigenvalue weighted by Gasteiger charge is -2.32. The quantitative estimate of drug-likeness (QED) is 0.448. The Morgan fingerprint density at radius 1 is 1.00 bits per heavy atom. The van der Waals surface area contributed by atoms with E-state index < -0.39 is 11.4 Å². The van der Waals surface area contributed by atoms with Crippen molar-refractivity contribution in [3.63, 3.8) is 0 Å². The Morgan fingerprint density at radius 2 is 1.44 bits per heavy atom. The van der Waals surface area contributed by atoms with Gasteiger partial charge in [0.25, 0.3) is 0 Å². The highest BCUT2D eigenvalue weighted by Crippen LogP contribution is 2.39. The van der Waals surface area contributed by atoms with Gasteiger partial charge in [0.15, 0.2) is 0 Å². The van der Waals surface area contributed by atoms with Crippen molar-refractivity contribution >= 4 is 5.97 Å². The monoisotopic (exact) mass is 340 g/mol. The molecule has 2 aromatic carbocycles. The van der Waals surface area contributed by atoms with Crippen LogP contribution >= 0.6 is 0 Å². The van der Waals surface area contributed by atoms with E-state index in [9.17, 15) is 15.0 Å². The second-order valence-corrected chi connectivity index (χ2v) is 6.19. The number of phenols is 2. The minimum atomic E-state index is -0.843. The van der Waals surface area contributed by atoms with Crippen LogP contribution in [-0.4, -0.2) is 22.8 Å². The van der Waals surface area contributed by atoms with Crippen LogP contribution in [0.15, 0.2) is 60.7 Å². The van der Waals surface area contributed by atoms with Crippen molar-refractivity contribution in [2.24, 2.45) is 0 Å². The van der Waals surface area contributed by atoms with Crippen molar-refractivity contribution in [1.29, 1.82) is 0 Å². The Kier molecular flexibility index (Phi) is 5.86. The molecule has 0 aliphatic heterocycles. The first-order valence-corrected chi connectivity index (χ1v) is 8.35. The maximum Gasteiger partial charge on any atom is 0.334 e. The van der Waals surface area contributed by atoms with Gasteiger partial charge in [-0.2, -0.15) is 0 Å². The van der Waals surface area contributed by atoms with E-state index >= 15 is 0 Å². The normalized spacial score (nSPS) is 11.1. The second-order valence-electron chi connectivity index (χ2n) is 6.19. The van der Waals surface area contributed by atoms with Crippen molar-refractivity contribution in [2.75, 3.05) is 6.61 Å². The Morgan fingerprint density at radius 3 is 1.84 bits per heavy atom. The molecule has 0 saturated carbocycles. The SMILES string of the molecule is C=C(C(=O)OCCCC)C(C)(c1ccc(O)cc1)c1ccc(O)cc1. The predicted octanol–water partition coefficient (Wildman–Crippen LogP) is 4.30. The molecule has 2 aromatic rings. The van der Waals surface area contributed by atoms with Crippen molar-refractivity contribution in [3.8, 4) is 11.5 Å². The first-order chi connectivity index (χ1) is 11.9. The van der Waals surface area contributed by atoms with Crippen LogP contribution in [0.5, 0.6) is 11.5 Å². The van der Waals surface area contributed by atoms with Crippen LogP contribution in [0, 0.1) is 0 Å². The van der Waals surface area contributed by atoms with Crippen molar-refractivity contribution in [2.45, 2.75) is 32.1 Å². The number of carbonyl (C=O) groups excluding carboxylic acids is 1. The van der Waals surface area contributed by atoms with E-state index in [4.69, 9.17) is 4.74 Å². The van der Waals surface area contributed by atoms with Gasteiger partial charge in [-0.3, -0.25) is 0 Å². The lowest BCUT2D eigenvalue weighted by Crippen LogP contribution is -2.31. The molecule has 0 spiro atoms. The lowest BCUT2D eigenvalue weighted by atomic mass is 9.71. The highest BCUT2D eigenvalue weighted by atomic mass is 16.5. The molecule has 0 unspecified atom stereocenters. The molecule has 2 rings (SSSR count). The Balaban J connectivity index is 2.44. The number of hydrogen-bond acceptors (Lipinski definition) is 4. The highest BCUT2D eigenvalue weighted by Gasteiger charge is 2.36. The summed E-state index contributed by atoms with van der Waals surface area (Å²) in [4.78, 5) is 12.5. The van der Waals surface area contributed by atoms with Crippen LogP contribution in [0.2, 0.25) is 0 Å². The summed E-state index contributed by atoms with van der Waals surface area (Å²) < 4.78 is 5.34. The summed E-state index contributed by atoms with van der Waals surface area (Å²) in [6.07, 6.45) is 1.74. The van der Waals surface area contributed by atoms with Gasteiger partial charge in [0, 0.05) is 11.0 Å². The molecule has 0 saturated heterocycles. The van der Waals surface area contributed by atoms with E-state index in [1.54, 1.807) is 48.5 Å². The van der Waals surface area contributed by atoms with Crippen molar-refractivity contribution in [1.82, 2.24) is 0 Å². The standard InChI is InChI=1S/C21H24O4/c1-4-5-14-25-20(24)15(2)21(3,16-6-10-18(22)11-7-16)17-8-12-19(23)13-9-17/h6-13,22-23H,2,4-5,14H2,1,3H3. The fraction of sp³-hybridized carbons (Fsp3) is 0.286. The number of ether oxygens (including phenoxy) is 1. The largest absolute Gasteiger partial charge is 0.508 e. The smallest absolute Gasteiger partial charge is 0.334 e. The van der Waals surface area contributed by atoms with Crippen LogP contribution in [0.25, 0.3) is 0 Å². The van der Waals surface area contributed by atoms with E-state index in [-0.39, 0.29) is 11.5 Å². The fourth-order valence-electron chi connectivity index (χ4n) is 2.71.